The third kappa shape index (κ3) is 8.89. The highest BCUT2D eigenvalue weighted by molar-refractivity contribution is 5.69. The van der Waals surface area contributed by atoms with Gasteiger partial charge in [-0.25, -0.2) is 0 Å². The zero-order valence-corrected chi connectivity index (χ0v) is 15.5. The number of ether oxygens (including phenoxy) is 1. The van der Waals surface area contributed by atoms with Crippen molar-refractivity contribution in [1.82, 2.24) is 0 Å². The SMILES string of the molecule is CC/C=C\c1cccc(O)c1N.CCC.COc1ccc(C)cc1. The summed E-state index contributed by atoms with van der Waals surface area (Å²) in [5.41, 5.74) is 8.20. The zero-order valence-electron chi connectivity index (χ0n) is 15.5. The Bertz CT molecular complexity index is 589. The number of nitrogens with two attached hydrogens (primary N) is 1. The van der Waals surface area contributed by atoms with E-state index < -0.39 is 0 Å². The Morgan fingerprint density at radius 2 is 1.62 bits per heavy atom. The number of allylic oxidation sites excluding steroid dienone is 1. The van der Waals surface area contributed by atoms with Crippen molar-refractivity contribution in [2.24, 2.45) is 0 Å². The average molecular weight is 329 g/mol. The second-order valence-corrected chi connectivity index (χ2v) is 5.31. The van der Waals surface area contributed by atoms with E-state index >= 15 is 0 Å². The molecule has 0 spiro atoms. The van der Waals surface area contributed by atoms with Gasteiger partial charge >= 0.3 is 0 Å². The van der Waals surface area contributed by atoms with Crippen LogP contribution >= 0.6 is 0 Å². The summed E-state index contributed by atoms with van der Waals surface area (Å²) in [7, 11) is 1.67. The summed E-state index contributed by atoms with van der Waals surface area (Å²) >= 11 is 0. The fourth-order valence-corrected chi connectivity index (χ4v) is 1.63. The standard InChI is InChI=1S/C10H13NO.C8H10O.C3H8/c1-2-3-5-8-6-4-7-9(12)10(8)11;1-7-3-5-8(9-2)6-4-7;1-3-2/h3-7,12H,2,11H2,1H3;3-6H,1-2H3;3H2,1-2H3/b5-3-;;. The van der Waals surface area contributed by atoms with Crippen LogP contribution in [0.4, 0.5) is 5.69 Å². The minimum atomic E-state index is 0.147. The van der Waals surface area contributed by atoms with Gasteiger partial charge in [-0.05, 0) is 31.5 Å². The molecule has 3 N–H and O–H groups in total. The molecule has 0 aliphatic carbocycles. The van der Waals surface area contributed by atoms with Gasteiger partial charge in [0.25, 0.3) is 0 Å². The molecule has 2 aromatic rings. The summed E-state index contributed by atoms with van der Waals surface area (Å²) in [6, 6.07) is 13.2. The maximum absolute atomic E-state index is 9.24. The topological polar surface area (TPSA) is 55.5 Å². The Hall–Kier alpha value is -2.42. The quantitative estimate of drug-likeness (QED) is 0.551. The number of phenolic OH excluding ortho intramolecular Hbond substituents is 1. The normalized spacial score (nSPS) is 9.54. The zero-order chi connectivity index (χ0) is 18.4. The minimum Gasteiger partial charge on any atom is -0.506 e. The molecule has 0 bridgehead atoms. The van der Waals surface area contributed by atoms with E-state index in [2.05, 4.69) is 27.7 Å². The molecule has 2 rings (SSSR count). The molecule has 0 unspecified atom stereocenters. The Morgan fingerprint density at radius 3 is 2.12 bits per heavy atom. The van der Waals surface area contributed by atoms with Crippen molar-refractivity contribution in [2.75, 3.05) is 12.8 Å². The summed E-state index contributed by atoms with van der Waals surface area (Å²) in [5, 5.41) is 9.24. The number of methoxy groups -OCH3 is 1. The first-order valence-electron chi connectivity index (χ1n) is 8.34. The van der Waals surface area contributed by atoms with Crippen molar-refractivity contribution in [3.63, 3.8) is 0 Å². The average Bonchev–Trinajstić information content (AvgIpc) is 2.58. The molecule has 24 heavy (non-hydrogen) atoms. The number of benzene rings is 2. The van der Waals surface area contributed by atoms with Crippen LogP contribution in [0.25, 0.3) is 6.08 Å². The number of hydrogen-bond donors (Lipinski definition) is 2. The molecule has 0 fully saturated rings. The van der Waals surface area contributed by atoms with Crippen LogP contribution in [-0.4, -0.2) is 12.2 Å². The number of aromatic hydroxyl groups is 1. The Labute approximate surface area is 146 Å². The van der Waals surface area contributed by atoms with E-state index in [1.807, 2.05) is 42.5 Å². The molecule has 0 atom stereocenters. The van der Waals surface area contributed by atoms with Crippen LogP contribution in [0.3, 0.4) is 0 Å². The lowest BCUT2D eigenvalue weighted by molar-refractivity contribution is 0.414. The van der Waals surface area contributed by atoms with Gasteiger partial charge < -0.3 is 15.6 Å². The Morgan fingerprint density at radius 1 is 1.04 bits per heavy atom. The van der Waals surface area contributed by atoms with E-state index in [1.165, 1.54) is 12.0 Å². The van der Waals surface area contributed by atoms with Crippen molar-refractivity contribution in [3.05, 3.63) is 59.7 Å². The smallest absolute Gasteiger partial charge is 0.139 e. The molecule has 0 aromatic heterocycles. The monoisotopic (exact) mass is 329 g/mol. The van der Waals surface area contributed by atoms with Crippen molar-refractivity contribution >= 4 is 11.8 Å². The first kappa shape index (κ1) is 21.6. The summed E-state index contributed by atoms with van der Waals surface area (Å²) < 4.78 is 4.97. The number of aryl methyl sites for hydroxylation is 1. The lowest BCUT2D eigenvalue weighted by Crippen LogP contribution is -1.88. The maximum Gasteiger partial charge on any atom is 0.139 e. The van der Waals surface area contributed by atoms with Gasteiger partial charge in [0.05, 0.1) is 12.8 Å². The maximum atomic E-state index is 9.24. The molecular formula is C21H31NO2. The van der Waals surface area contributed by atoms with Crippen molar-refractivity contribution in [3.8, 4) is 11.5 Å². The third-order valence-electron chi connectivity index (χ3n) is 2.91. The molecule has 132 valence electrons. The van der Waals surface area contributed by atoms with Crippen LogP contribution < -0.4 is 10.5 Å². The fourth-order valence-electron chi connectivity index (χ4n) is 1.63. The predicted octanol–water partition coefficient (Wildman–Crippen LogP) is 5.82. The first-order valence-corrected chi connectivity index (χ1v) is 8.34. The van der Waals surface area contributed by atoms with Crippen molar-refractivity contribution in [1.29, 1.82) is 0 Å². The second kappa shape index (κ2) is 13.1. The van der Waals surface area contributed by atoms with Crippen LogP contribution in [0.2, 0.25) is 0 Å². The highest BCUT2D eigenvalue weighted by atomic mass is 16.5. The van der Waals surface area contributed by atoms with E-state index in [9.17, 15) is 5.11 Å². The van der Waals surface area contributed by atoms with Gasteiger partial charge in [0.2, 0.25) is 0 Å². The second-order valence-electron chi connectivity index (χ2n) is 5.31. The first-order chi connectivity index (χ1) is 11.5. The van der Waals surface area contributed by atoms with Gasteiger partial charge in [-0.2, -0.15) is 0 Å². The third-order valence-corrected chi connectivity index (χ3v) is 2.91. The number of para-hydroxylation sites is 1. The van der Waals surface area contributed by atoms with Crippen LogP contribution in [-0.2, 0) is 0 Å². The van der Waals surface area contributed by atoms with E-state index in [1.54, 1.807) is 19.2 Å². The summed E-state index contributed by atoms with van der Waals surface area (Å²) in [6.07, 6.45) is 6.13. The summed E-state index contributed by atoms with van der Waals surface area (Å²) in [6.45, 7) is 8.36. The number of hydrogen-bond acceptors (Lipinski definition) is 3. The molecule has 0 aliphatic rings. The molecule has 0 radical (unpaired) electrons. The number of rotatable bonds is 3. The molecule has 3 nitrogen and oxygen atoms in total. The van der Waals surface area contributed by atoms with Gasteiger partial charge in [-0.15, -0.1) is 0 Å². The molecule has 3 heteroatoms. The van der Waals surface area contributed by atoms with Crippen LogP contribution in [0.5, 0.6) is 11.5 Å². The number of nitrogen functional groups attached to an aromatic ring is 1. The van der Waals surface area contributed by atoms with E-state index in [4.69, 9.17) is 10.5 Å². The van der Waals surface area contributed by atoms with Gasteiger partial charge in [0.1, 0.15) is 11.5 Å². The lowest BCUT2D eigenvalue weighted by Gasteiger charge is -2.01. The Balaban J connectivity index is 0.000000390. The van der Waals surface area contributed by atoms with Gasteiger partial charge in [0, 0.05) is 5.56 Å². The molecule has 0 aliphatic heterocycles. The summed E-state index contributed by atoms with van der Waals surface area (Å²) in [4.78, 5) is 0. The van der Waals surface area contributed by atoms with E-state index in [0.29, 0.717) is 5.69 Å². The van der Waals surface area contributed by atoms with Gasteiger partial charge in [-0.3, -0.25) is 0 Å². The van der Waals surface area contributed by atoms with E-state index in [-0.39, 0.29) is 5.75 Å². The summed E-state index contributed by atoms with van der Waals surface area (Å²) in [5.74, 6) is 1.06. The van der Waals surface area contributed by atoms with Gasteiger partial charge in [0.15, 0.2) is 0 Å². The van der Waals surface area contributed by atoms with Crippen molar-refractivity contribution < 1.29 is 9.84 Å². The highest BCUT2D eigenvalue weighted by Crippen LogP contribution is 2.24. The van der Waals surface area contributed by atoms with E-state index in [0.717, 1.165) is 17.7 Å². The number of phenols is 1. The fraction of sp³-hybridized carbons (Fsp3) is 0.333. The van der Waals surface area contributed by atoms with Crippen LogP contribution in [0.15, 0.2) is 48.5 Å². The van der Waals surface area contributed by atoms with Crippen molar-refractivity contribution in [2.45, 2.75) is 40.5 Å². The Kier molecular flexibility index (Phi) is 11.7. The molecule has 0 heterocycles. The highest BCUT2D eigenvalue weighted by Gasteiger charge is 1.98. The molecule has 2 aromatic carbocycles. The molecular weight excluding hydrogens is 298 g/mol. The minimum absolute atomic E-state index is 0.147. The van der Waals surface area contributed by atoms with Crippen LogP contribution in [0, 0.1) is 6.92 Å². The molecule has 0 amide bonds. The van der Waals surface area contributed by atoms with Crippen LogP contribution in [0.1, 0.15) is 44.7 Å². The molecule has 0 saturated heterocycles. The molecule has 0 saturated carbocycles. The predicted molar refractivity (Wildman–Crippen MR) is 106 cm³/mol. The number of anilines is 1. The largest absolute Gasteiger partial charge is 0.506 e. The lowest BCUT2D eigenvalue weighted by atomic mass is 10.1. The van der Waals surface area contributed by atoms with Gasteiger partial charge in [-0.1, -0.05) is 69.2 Å².